The summed E-state index contributed by atoms with van der Waals surface area (Å²) in [5.41, 5.74) is 1.23. The first-order valence-corrected chi connectivity index (χ1v) is 7.21. The van der Waals surface area contributed by atoms with Crippen LogP contribution in [0.5, 0.6) is 0 Å². The van der Waals surface area contributed by atoms with Gasteiger partial charge >= 0.3 is 5.97 Å². The molecule has 3 rings (SSSR count). The van der Waals surface area contributed by atoms with Crippen molar-refractivity contribution in [3.05, 3.63) is 23.7 Å². The van der Waals surface area contributed by atoms with Crippen molar-refractivity contribution < 1.29 is 13.9 Å². The molecule has 1 fully saturated rings. The van der Waals surface area contributed by atoms with Crippen LogP contribution in [0.1, 0.15) is 29.0 Å². The first kappa shape index (κ1) is 14.3. The van der Waals surface area contributed by atoms with Crippen molar-refractivity contribution in [2.24, 2.45) is 5.41 Å². The minimum Gasteiger partial charge on any atom is -0.465 e. The number of carbonyl (C=O) groups excluding carboxylic acids is 1. The summed E-state index contributed by atoms with van der Waals surface area (Å²) in [7, 11) is 1.32. The number of nitrogens with zero attached hydrogens (tertiary/aromatic N) is 3. The molecule has 0 unspecified atom stereocenters. The number of methoxy groups -OCH3 is 1. The van der Waals surface area contributed by atoms with E-state index in [2.05, 4.69) is 9.97 Å². The number of carbonyl (C=O) groups is 1. The van der Waals surface area contributed by atoms with Crippen molar-refractivity contribution in [1.29, 1.82) is 0 Å². The van der Waals surface area contributed by atoms with E-state index in [0.717, 1.165) is 12.8 Å². The predicted molar refractivity (Wildman–Crippen MR) is 76.1 cm³/mol. The maximum Gasteiger partial charge on any atom is 0.339 e. The van der Waals surface area contributed by atoms with Crippen molar-refractivity contribution in [1.82, 2.24) is 14.5 Å². The number of hydrogen-bond donors (Lipinski definition) is 0. The minimum absolute atomic E-state index is 0.215. The van der Waals surface area contributed by atoms with Crippen LogP contribution in [-0.2, 0) is 17.2 Å². The van der Waals surface area contributed by atoms with Gasteiger partial charge in [-0.2, -0.15) is 0 Å². The van der Waals surface area contributed by atoms with E-state index in [1.54, 1.807) is 6.07 Å². The van der Waals surface area contributed by atoms with Crippen molar-refractivity contribution in [2.75, 3.05) is 13.8 Å². The highest BCUT2D eigenvalue weighted by Crippen LogP contribution is 2.48. The summed E-state index contributed by atoms with van der Waals surface area (Å²) in [4.78, 5) is 20.1. The standard InChI is InChI=1S/C14H15ClFN3O2/c1-21-13(20)9-4-10-12(17-6-9)18-11(5-15)19(10)8-14(7-16)2-3-14/h4,6H,2-3,5,7-8H2,1H3. The number of fused-ring (bicyclic) bond motifs is 1. The molecule has 0 radical (unpaired) electrons. The first-order valence-electron chi connectivity index (χ1n) is 6.68. The molecule has 0 aromatic carbocycles. The molecule has 5 nitrogen and oxygen atoms in total. The van der Waals surface area contributed by atoms with E-state index in [-0.39, 0.29) is 18.0 Å². The molecule has 21 heavy (non-hydrogen) atoms. The largest absolute Gasteiger partial charge is 0.465 e. The average Bonchev–Trinajstić information content (AvgIpc) is 3.22. The number of imidazole rings is 1. The van der Waals surface area contributed by atoms with Crippen molar-refractivity contribution >= 4 is 28.7 Å². The number of esters is 1. The molecule has 1 saturated carbocycles. The molecule has 0 aliphatic heterocycles. The highest BCUT2D eigenvalue weighted by molar-refractivity contribution is 6.16. The lowest BCUT2D eigenvalue weighted by molar-refractivity contribution is 0.0600. The van der Waals surface area contributed by atoms with Gasteiger partial charge in [-0.15, -0.1) is 11.6 Å². The molecule has 1 aliphatic carbocycles. The highest BCUT2D eigenvalue weighted by Gasteiger charge is 2.43. The number of pyridine rings is 1. The zero-order valence-electron chi connectivity index (χ0n) is 11.6. The quantitative estimate of drug-likeness (QED) is 0.629. The summed E-state index contributed by atoms with van der Waals surface area (Å²) in [6.07, 6.45) is 3.13. The topological polar surface area (TPSA) is 57.0 Å². The fraction of sp³-hybridized carbons (Fsp3) is 0.500. The Morgan fingerprint density at radius 2 is 2.33 bits per heavy atom. The SMILES string of the molecule is COC(=O)c1cnc2nc(CCl)n(CC3(CF)CC3)c2c1. The van der Waals surface area contributed by atoms with Gasteiger partial charge in [0, 0.05) is 18.2 Å². The number of aromatic nitrogens is 3. The number of ether oxygens (including phenoxy) is 1. The Kier molecular flexibility index (Phi) is 3.57. The number of alkyl halides is 2. The van der Waals surface area contributed by atoms with E-state index in [1.807, 2.05) is 4.57 Å². The molecule has 0 spiro atoms. The van der Waals surface area contributed by atoms with E-state index in [1.165, 1.54) is 13.3 Å². The monoisotopic (exact) mass is 311 g/mol. The lowest BCUT2D eigenvalue weighted by atomic mass is 10.1. The fourth-order valence-corrected chi connectivity index (χ4v) is 2.61. The Balaban J connectivity index is 2.08. The molecule has 7 heteroatoms. The summed E-state index contributed by atoms with van der Waals surface area (Å²) >= 11 is 5.93. The maximum absolute atomic E-state index is 13.2. The van der Waals surface area contributed by atoms with Gasteiger partial charge in [0.25, 0.3) is 0 Å². The molecule has 0 amide bonds. The summed E-state index contributed by atoms with van der Waals surface area (Å²) in [5, 5.41) is 0. The maximum atomic E-state index is 13.2. The van der Waals surface area contributed by atoms with Crippen LogP contribution in [0.3, 0.4) is 0 Å². The number of halogens is 2. The Morgan fingerprint density at radius 1 is 1.57 bits per heavy atom. The normalized spacial score (nSPS) is 16.1. The third kappa shape index (κ3) is 2.48. The Hall–Kier alpha value is -1.69. The molecule has 2 aromatic heterocycles. The van der Waals surface area contributed by atoms with Crippen LogP contribution in [0.15, 0.2) is 12.3 Å². The second kappa shape index (κ2) is 5.26. The summed E-state index contributed by atoms with van der Waals surface area (Å²) in [6, 6.07) is 1.67. The molecule has 1 aliphatic rings. The van der Waals surface area contributed by atoms with Gasteiger partial charge < -0.3 is 9.30 Å². The molecule has 2 aromatic rings. The zero-order chi connectivity index (χ0) is 15.0. The van der Waals surface area contributed by atoms with E-state index < -0.39 is 5.97 Å². The molecule has 0 atom stereocenters. The first-order chi connectivity index (χ1) is 10.1. The van der Waals surface area contributed by atoms with Crippen LogP contribution >= 0.6 is 11.6 Å². The average molecular weight is 312 g/mol. The van der Waals surface area contributed by atoms with Crippen molar-refractivity contribution in [2.45, 2.75) is 25.3 Å². The van der Waals surface area contributed by atoms with Gasteiger partial charge in [-0.1, -0.05) is 0 Å². The number of rotatable bonds is 5. The van der Waals surface area contributed by atoms with Crippen molar-refractivity contribution in [3.8, 4) is 0 Å². The fourth-order valence-electron chi connectivity index (χ4n) is 2.41. The highest BCUT2D eigenvalue weighted by atomic mass is 35.5. The third-order valence-electron chi connectivity index (χ3n) is 3.96. The van der Waals surface area contributed by atoms with Gasteiger partial charge in [0.15, 0.2) is 5.65 Å². The molecule has 0 saturated heterocycles. The second-order valence-corrected chi connectivity index (χ2v) is 5.71. The lowest BCUT2D eigenvalue weighted by Crippen LogP contribution is -2.15. The van der Waals surface area contributed by atoms with Crippen LogP contribution in [0, 0.1) is 5.41 Å². The summed E-state index contributed by atoms with van der Waals surface area (Å²) in [5.74, 6) is 0.392. The van der Waals surface area contributed by atoms with Crippen LogP contribution < -0.4 is 0 Å². The van der Waals surface area contributed by atoms with Crippen molar-refractivity contribution in [3.63, 3.8) is 0 Å². The van der Waals surface area contributed by atoms with Gasteiger partial charge in [-0.3, -0.25) is 4.39 Å². The molecular formula is C14H15ClFN3O2. The zero-order valence-corrected chi connectivity index (χ0v) is 12.4. The van der Waals surface area contributed by atoms with E-state index in [0.29, 0.717) is 29.1 Å². The van der Waals surface area contributed by atoms with Crippen LogP contribution in [-0.4, -0.2) is 34.3 Å². The van der Waals surface area contributed by atoms with Crippen LogP contribution in [0.4, 0.5) is 4.39 Å². The molecule has 0 N–H and O–H groups in total. The van der Waals surface area contributed by atoms with Gasteiger partial charge in [0.1, 0.15) is 5.82 Å². The van der Waals surface area contributed by atoms with E-state index in [9.17, 15) is 9.18 Å². The Bertz CT molecular complexity index is 697. The Morgan fingerprint density at radius 3 is 2.90 bits per heavy atom. The number of hydrogen-bond acceptors (Lipinski definition) is 4. The van der Waals surface area contributed by atoms with E-state index >= 15 is 0 Å². The summed E-state index contributed by atoms with van der Waals surface area (Å²) < 4.78 is 19.7. The van der Waals surface area contributed by atoms with Crippen LogP contribution in [0.2, 0.25) is 0 Å². The third-order valence-corrected chi connectivity index (χ3v) is 4.20. The second-order valence-electron chi connectivity index (χ2n) is 5.44. The lowest BCUT2D eigenvalue weighted by Gasteiger charge is -2.14. The van der Waals surface area contributed by atoms with Gasteiger partial charge in [0.2, 0.25) is 0 Å². The molecule has 2 heterocycles. The van der Waals surface area contributed by atoms with Gasteiger partial charge in [-0.05, 0) is 18.9 Å². The molecular weight excluding hydrogens is 297 g/mol. The summed E-state index contributed by atoms with van der Waals surface area (Å²) in [6.45, 7) is 0.146. The predicted octanol–water partition coefficient (Wildman–Crippen LogP) is 2.71. The van der Waals surface area contributed by atoms with Crippen LogP contribution in [0.25, 0.3) is 11.2 Å². The smallest absolute Gasteiger partial charge is 0.339 e. The molecule has 112 valence electrons. The van der Waals surface area contributed by atoms with Gasteiger partial charge in [-0.25, -0.2) is 14.8 Å². The van der Waals surface area contributed by atoms with E-state index in [4.69, 9.17) is 16.3 Å². The van der Waals surface area contributed by atoms with Gasteiger partial charge in [0.05, 0.1) is 30.7 Å². The minimum atomic E-state index is -0.462. The Labute approximate surface area is 126 Å². The molecule has 0 bridgehead atoms.